The number of fused-ring (bicyclic) bond motifs is 2. The van der Waals surface area contributed by atoms with E-state index >= 15 is 0 Å². The van der Waals surface area contributed by atoms with Gasteiger partial charge < -0.3 is 25.0 Å². The molecule has 0 atom stereocenters. The van der Waals surface area contributed by atoms with Crippen molar-refractivity contribution in [1.29, 1.82) is 0 Å². The van der Waals surface area contributed by atoms with Gasteiger partial charge in [-0.3, -0.25) is 9.11 Å². The van der Waals surface area contributed by atoms with Crippen molar-refractivity contribution in [2.24, 2.45) is 20.5 Å². The quantitative estimate of drug-likeness (QED) is 0.0514. The number of nitrogens with zero attached hydrogens (tertiary/aromatic N) is 4. The van der Waals surface area contributed by atoms with Gasteiger partial charge in [0.1, 0.15) is 44.0 Å². The molecule has 0 aliphatic heterocycles. The van der Waals surface area contributed by atoms with E-state index in [4.69, 9.17) is 9.47 Å². The zero-order chi connectivity index (χ0) is 36.5. The summed E-state index contributed by atoms with van der Waals surface area (Å²) in [7, 11) is -6.94. The van der Waals surface area contributed by atoms with E-state index in [1.165, 1.54) is 38.5 Å². The number of hydrogen-bond acceptors (Lipinski definition) is 13. The molecule has 19 heteroatoms. The zero-order valence-corrected chi connectivity index (χ0v) is 34.2. The van der Waals surface area contributed by atoms with E-state index in [0.29, 0.717) is 22.9 Å². The number of hydrogen-bond donors (Lipinski definition) is 5. The predicted octanol–water partition coefficient (Wildman–Crippen LogP) is 7.73. The number of rotatable bonds is 10. The van der Waals surface area contributed by atoms with Crippen molar-refractivity contribution >= 4 is 135 Å². The van der Waals surface area contributed by atoms with Crippen molar-refractivity contribution in [2.45, 2.75) is 9.79 Å². The molecule has 0 fully saturated rings. The van der Waals surface area contributed by atoms with Crippen molar-refractivity contribution in [3.63, 3.8) is 0 Å². The van der Waals surface area contributed by atoms with Crippen LogP contribution in [0.25, 0.3) is 21.5 Å². The van der Waals surface area contributed by atoms with Gasteiger partial charge in [0.15, 0.2) is 11.5 Å². The molecule has 0 aliphatic rings. The van der Waals surface area contributed by atoms with Gasteiger partial charge in [-0.05, 0) is 83.6 Å². The van der Waals surface area contributed by atoms with Crippen LogP contribution in [0.2, 0.25) is 0 Å². The van der Waals surface area contributed by atoms with Crippen LogP contribution in [-0.4, -0.2) is 109 Å². The SMILES string of the molecule is COc1ccccc1N=Nc1c(S(=O)(=O)O)cc2cc(Nc3ccc4c(O)c(N=Nc5ccccc5OC)c(S(=O)(=O)O)cc4c3)ccc2c1O.[Na].[Na]. The van der Waals surface area contributed by atoms with Gasteiger partial charge in [-0.25, -0.2) is 0 Å². The number of ether oxygens (including phenoxy) is 2. The Morgan fingerprint density at radius 2 is 0.925 bits per heavy atom. The number of methoxy groups -OCH3 is 2. The molecule has 6 rings (SSSR count). The van der Waals surface area contributed by atoms with E-state index < -0.39 is 52.9 Å². The third-order valence-corrected chi connectivity index (χ3v) is 9.37. The number of anilines is 2. The van der Waals surface area contributed by atoms with E-state index in [1.807, 2.05) is 0 Å². The summed E-state index contributed by atoms with van der Waals surface area (Å²) in [4.78, 5) is -1.39. The molecule has 0 spiro atoms. The molecular weight excluding hydrogens is 749 g/mol. The summed E-state index contributed by atoms with van der Waals surface area (Å²) in [6, 6.07) is 24.5. The molecule has 0 heterocycles. The van der Waals surface area contributed by atoms with E-state index in [2.05, 4.69) is 25.8 Å². The van der Waals surface area contributed by atoms with Crippen LogP contribution in [0.1, 0.15) is 0 Å². The van der Waals surface area contributed by atoms with Gasteiger partial charge in [-0.15, -0.1) is 20.5 Å². The second-order valence-electron chi connectivity index (χ2n) is 10.8. The molecule has 0 unspecified atom stereocenters. The molecule has 2 radical (unpaired) electrons. The first-order valence-electron chi connectivity index (χ1n) is 14.7. The van der Waals surface area contributed by atoms with Crippen molar-refractivity contribution < 1.29 is 45.6 Å². The van der Waals surface area contributed by atoms with Crippen molar-refractivity contribution in [1.82, 2.24) is 0 Å². The minimum atomic E-state index is -4.89. The minimum Gasteiger partial charge on any atom is -0.505 e. The third-order valence-electron chi connectivity index (χ3n) is 7.63. The molecule has 0 amide bonds. The molecule has 5 N–H and O–H groups in total. The Balaban J connectivity index is 0.00000314. The van der Waals surface area contributed by atoms with Gasteiger partial charge in [0.05, 0.1) is 14.2 Å². The van der Waals surface area contributed by atoms with Crippen LogP contribution in [0.5, 0.6) is 23.0 Å². The Morgan fingerprint density at radius 3 is 1.28 bits per heavy atom. The first-order valence-corrected chi connectivity index (χ1v) is 17.6. The maximum atomic E-state index is 12.4. The van der Waals surface area contributed by atoms with Crippen LogP contribution < -0.4 is 14.8 Å². The number of phenols is 2. The van der Waals surface area contributed by atoms with Gasteiger partial charge in [0.2, 0.25) is 0 Å². The normalized spacial score (nSPS) is 11.8. The summed E-state index contributed by atoms with van der Waals surface area (Å²) < 4.78 is 80.0. The molecule has 15 nitrogen and oxygen atoms in total. The predicted molar refractivity (Wildman–Crippen MR) is 200 cm³/mol. The summed E-state index contributed by atoms with van der Waals surface area (Å²) in [5.41, 5.74) is 0.326. The van der Waals surface area contributed by atoms with Crippen LogP contribution in [-0.2, 0) is 20.2 Å². The summed E-state index contributed by atoms with van der Waals surface area (Å²) in [5, 5.41) is 41.9. The molecule has 0 aliphatic carbocycles. The number of nitrogens with one attached hydrogen (secondary N) is 1. The summed E-state index contributed by atoms with van der Waals surface area (Å²) in [6.45, 7) is 0. The van der Waals surface area contributed by atoms with Crippen LogP contribution >= 0.6 is 0 Å². The Kier molecular flexibility index (Phi) is 13.3. The summed E-state index contributed by atoms with van der Waals surface area (Å²) in [5.74, 6) is -0.413. The average Bonchev–Trinajstić information content (AvgIpc) is 3.10. The fraction of sp³-hybridized carbons (Fsp3) is 0.0588. The van der Waals surface area contributed by atoms with E-state index in [-0.39, 0.29) is 92.0 Å². The maximum Gasteiger partial charge on any atom is 0.296 e. The van der Waals surface area contributed by atoms with Gasteiger partial charge >= 0.3 is 0 Å². The van der Waals surface area contributed by atoms with Gasteiger partial charge in [-0.2, -0.15) is 16.8 Å². The fourth-order valence-electron chi connectivity index (χ4n) is 5.24. The molecule has 53 heavy (non-hydrogen) atoms. The molecule has 0 saturated carbocycles. The van der Waals surface area contributed by atoms with Crippen LogP contribution in [0.3, 0.4) is 0 Å². The second-order valence-corrected chi connectivity index (χ2v) is 13.6. The first-order chi connectivity index (χ1) is 24.3. The maximum absolute atomic E-state index is 12.4. The van der Waals surface area contributed by atoms with Crippen LogP contribution in [0, 0.1) is 0 Å². The van der Waals surface area contributed by atoms with Gasteiger partial charge in [0, 0.05) is 81.3 Å². The molecule has 262 valence electrons. The van der Waals surface area contributed by atoms with E-state index in [0.717, 1.165) is 12.1 Å². The van der Waals surface area contributed by atoms with Crippen LogP contribution in [0.15, 0.2) is 127 Å². The summed E-state index contributed by atoms with van der Waals surface area (Å²) in [6.07, 6.45) is 0. The first kappa shape index (κ1) is 41.6. The third kappa shape index (κ3) is 8.98. The summed E-state index contributed by atoms with van der Waals surface area (Å²) >= 11 is 0. The van der Waals surface area contributed by atoms with Crippen LogP contribution in [0.4, 0.5) is 34.1 Å². The monoisotopic (exact) mass is 775 g/mol. The number of benzene rings is 6. The largest absolute Gasteiger partial charge is 0.505 e. The number of para-hydroxylation sites is 2. The smallest absolute Gasteiger partial charge is 0.296 e. The minimum absolute atomic E-state index is 0. The Morgan fingerprint density at radius 1 is 0.547 bits per heavy atom. The Bertz CT molecular complexity index is 2460. The molecule has 0 bridgehead atoms. The molecular formula is C34H27N5Na2O10S2. The second kappa shape index (κ2) is 16.9. The van der Waals surface area contributed by atoms with Crippen molar-refractivity contribution in [3.8, 4) is 23.0 Å². The fourth-order valence-corrected chi connectivity index (χ4v) is 6.56. The van der Waals surface area contributed by atoms with E-state index in [1.54, 1.807) is 60.7 Å². The topological polar surface area (TPSA) is 229 Å². The number of aromatic hydroxyl groups is 2. The number of phenolic OH excluding ortho intramolecular Hbond substituents is 2. The molecule has 0 saturated heterocycles. The molecule has 0 aromatic heterocycles. The van der Waals surface area contributed by atoms with Crippen molar-refractivity contribution in [2.75, 3.05) is 19.5 Å². The van der Waals surface area contributed by atoms with Crippen molar-refractivity contribution in [3.05, 3.63) is 97.1 Å². The van der Waals surface area contributed by atoms with E-state index in [9.17, 15) is 36.2 Å². The van der Waals surface area contributed by atoms with Gasteiger partial charge in [0.25, 0.3) is 20.2 Å². The molecule has 6 aromatic rings. The van der Waals surface area contributed by atoms with Gasteiger partial charge in [-0.1, -0.05) is 24.3 Å². The Hall–Kier alpha value is -4.14. The number of azo groups is 2. The standard InChI is InChI=1S/C34H27N5O10S2.2Na/c1-48-27-9-5-3-7-25(27)36-38-31-29(50(42,43)44)17-19-15-21(11-13-23(19)33(31)40)35-22-12-14-24-20(16-22)18-30(51(45,46)47)32(34(24)41)39-37-26-8-4-6-10-28(26)49-2;;/h3-18,35,40-41H,1-2H3,(H,42,43,44)(H,45,46,47);;. The molecule has 6 aromatic carbocycles. The zero-order valence-electron chi connectivity index (χ0n) is 28.6. The average molecular weight is 776 g/mol. The Labute approximate surface area is 347 Å².